The third-order valence-corrected chi connectivity index (χ3v) is 4.81. The molecule has 1 N–H and O–H groups in total. The summed E-state index contributed by atoms with van der Waals surface area (Å²) in [6, 6.07) is 12.1. The number of methoxy groups -OCH3 is 1. The zero-order chi connectivity index (χ0) is 21.0. The molecular formula is C21H18Cl2N2O4. The summed E-state index contributed by atoms with van der Waals surface area (Å²) >= 11 is 11.9. The second-order valence-electron chi connectivity index (χ2n) is 6.26. The Morgan fingerprint density at radius 1 is 1.14 bits per heavy atom. The van der Waals surface area contributed by atoms with E-state index in [1.54, 1.807) is 12.1 Å². The molecule has 1 heterocycles. The van der Waals surface area contributed by atoms with Crippen molar-refractivity contribution >= 4 is 51.7 Å². The van der Waals surface area contributed by atoms with Crippen molar-refractivity contribution in [2.45, 2.75) is 13.5 Å². The molecule has 0 unspecified atom stereocenters. The van der Waals surface area contributed by atoms with Crippen molar-refractivity contribution in [3.63, 3.8) is 0 Å². The molecule has 2 aromatic carbocycles. The van der Waals surface area contributed by atoms with Gasteiger partial charge in [-0.3, -0.25) is 4.79 Å². The lowest BCUT2D eigenvalue weighted by atomic mass is 10.0. The van der Waals surface area contributed by atoms with Crippen LogP contribution >= 0.6 is 23.2 Å². The second kappa shape index (κ2) is 9.22. The topological polar surface area (TPSA) is 77.5 Å². The fourth-order valence-corrected chi connectivity index (χ4v) is 3.27. The van der Waals surface area contributed by atoms with Gasteiger partial charge in [0.1, 0.15) is 0 Å². The van der Waals surface area contributed by atoms with Gasteiger partial charge in [-0.1, -0.05) is 41.4 Å². The summed E-state index contributed by atoms with van der Waals surface area (Å²) in [5.41, 5.74) is 2.54. The van der Waals surface area contributed by atoms with Crippen LogP contribution in [0.15, 0.2) is 42.5 Å². The number of nitrogens with one attached hydrogen (secondary N) is 1. The molecule has 1 amide bonds. The Morgan fingerprint density at radius 2 is 1.90 bits per heavy atom. The molecule has 0 radical (unpaired) electrons. The van der Waals surface area contributed by atoms with Gasteiger partial charge in [-0.2, -0.15) is 0 Å². The number of amides is 1. The summed E-state index contributed by atoms with van der Waals surface area (Å²) < 4.78 is 10.4. The summed E-state index contributed by atoms with van der Waals surface area (Å²) in [5.74, 6) is -1.19. The number of anilines is 1. The maximum absolute atomic E-state index is 12.7. The summed E-state index contributed by atoms with van der Waals surface area (Å²) in [4.78, 5) is 29.4. The first-order valence-electron chi connectivity index (χ1n) is 8.70. The smallest absolute Gasteiger partial charge is 0.340 e. The van der Waals surface area contributed by atoms with E-state index in [0.717, 1.165) is 10.9 Å². The first kappa shape index (κ1) is 21.0. The maximum atomic E-state index is 12.7. The quantitative estimate of drug-likeness (QED) is 0.566. The zero-order valence-corrected chi connectivity index (χ0v) is 17.3. The zero-order valence-electron chi connectivity index (χ0n) is 15.8. The van der Waals surface area contributed by atoms with Gasteiger partial charge in [-0.15, -0.1) is 0 Å². The number of fused-ring (bicyclic) bond motifs is 1. The van der Waals surface area contributed by atoms with Gasteiger partial charge in [0.2, 0.25) is 0 Å². The van der Waals surface area contributed by atoms with E-state index in [0.29, 0.717) is 32.6 Å². The van der Waals surface area contributed by atoms with Gasteiger partial charge in [-0.05, 0) is 36.8 Å². The standard InChI is InChI=1S/C21H18Cl2N2O4/c1-12-14-5-3-4-6-16(14)24-18(10-28-2)20(12)21(27)29-11-19(26)25-17-9-13(22)7-8-15(17)23/h3-9H,10-11H2,1-2H3,(H,25,26). The largest absolute Gasteiger partial charge is 0.452 e. The van der Waals surface area contributed by atoms with Crippen molar-refractivity contribution in [2.75, 3.05) is 19.0 Å². The summed E-state index contributed by atoms with van der Waals surface area (Å²) in [6.45, 7) is 1.46. The molecule has 0 atom stereocenters. The summed E-state index contributed by atoms with van der Waals surface area (Å²) in [7, 11) is 1.52. The number of esters is 1. The van der Waals surface area contributed by atoms with Crippen LogP contribution in [0.25, 0.3) is 10.9 Å². The number of para-hydroxylation sites is 1. The van der Waals surface area contributed by atoms with Crippen LogP contribution in [0.5, 0.6) is 0 Å². The molecule has 0 aliphatic heterocycles. The lowest BCUT2D eigenvalue weighted by Crippen LogP contribution is -2.22. The normalized spacial score (nSPS) is 10.8. The Labute approximate surface area is 177 Å². The minimum atomic E-state index is -0.653. The number of halogens is 2. The number of rotatable bonds is 6. The SMILES string of the molecule is COCc1nc2ccccc2c(C)c1C(=O)OCC(=O)Nc1cc(Cl)ccc1Cl. The highest BCUT2D eigenvalue weighted by Gasteiger charge is 2.21. The third kappa shape index (κ3) is 4.85. The molecule has 0 spiro atoms. The van der Waals surface area contributed by atoms with Crippen molar-refractivity contribution in [3.05, 3.63) is 69.3 Å². The van der Waals surface area contributed by atoms with E-state index in [4.69, 9.17) is 32.7 Å². The fraction of sp³-hybridized carbons (Fsp3) is 0.190. The van der Waals surface area contributed by atoms with Crippen LogP contribution in [-0.4, -0.2) is 30.6 Å². The van der Waals surface area contributed by atoms with Crippen molar-refractivity contribution in [1.82, 2.24) is 4.98 Å². The van der Waals surface area contributed by atoms with Crippen LogP contribution in [0.1, 0.15) is 21.6 Å². The first-order chi connectivity index (χ1) is 13.9. The van der Waals surface area contributed by atoms with Gasteiger partial charge in [0.25, 0.3) is 5.91 Å². The Balaban J connectivity index is 1.78. The molecule has 0 aliphatic rings. The van der Waals surface area contributed by atoms with Crippen LogP contribution in [0.2, 0.25) is 10.0 Å². The number of carbonyl (C=O) groups is 2. The number of hydrogen-bond acceptors (Lipinski definition) is 5. The Hall–Kier alpha value is -2.67. The first-order valence-corrected chi connectivity index (χ1v) is 9.45. The summed E-state index contributed by atoms with van der Waals surface area (Å²) in [5, 5.41) is 4.14. The fourth-order valence-electron chi connectivity index (χ4n) is 2.94. The van der Waals surface area contributed by atoms with Crippen LogP contribution in [0.4, 0.5) is 5.69 Å². The van der Waals surface area contributed by atoms with E-state index in [-0.39, 0.29) is 6.61 Å². The number of ether oxygens (including phenoxy) is 2. The predicted molar refractivity (Wildman–Crippen MR) is 113 cm³/mol. The van der Waals surface area contributed by atoms with Crippen molar-refractivity contribution in [2.24, 2.45) is 0 Å². The molecule has 3 aromatic rings. The van der Waals surface area contributed by atoms with E-state index in [2.05, 4.69) is 10.3 Å². The van der Waals surface area contributed by atoms with Gasteiger partial charge in [0.15, 0.2) is 6.61 Å². The van der Waals surface area contributed by atoms with Crippen LogP contribution in [0.3, 0.4) is 0 Å². The number of carbonyl (C=O) groups excluding carboxylic acids is 2. The molecule has 29 heavy (non-hydrogen) atoms. The second-order valence-corrected chi connectivity index (χ2v) is 7.10. The maximum Gasteiger partial charge on any atom is 0.340 e. The highest BCUT2D eigenvalue weighted by molar-refractivity contribution is 6.35. The molecule has 0 saturated carbocycles. The molecular weight excluding hydrogens is 415 g/mol. The lowest BCUT2D eigenvalue weighted by molar-refractivity contribution is -0.119. The number of hydrogen-bond donors (Lipinski definition) is 1. The average Bonchev–Trinajstić information content (AvgIpc) is 2.69. The summed E-state index contributed by atoms with van der Waals surface area (Å²) in [6.07, 6.45) is 0. The third-order valence-electron chi connectivity index (χ3n) is 4.25. The minimum Gasteiger partial charge on any atom is -0.452 e. The van der Waals surface area contributed by atoms with Crippen LogP contribution < -0.4 is 5.32 Å². The van der Waals surface area contributed by atoms with Crippen molar-refractivity contribution < 1.29 is 19.1 Å². The number of nitrogens with zero attached hydrogens (tertiary/aromatic N) is 1. The van der Waals surface area contributed by atoms with Gasteiger partial charge in [0.05, 0.1) is 34.1 Å². The molecule has 0 aliphatic carbocycles. The molecule has 150 valence electrons. The minimum absolute atomic E-state index is 0.139. The van der Waals surface area contributed by atoms with Crippen molar-refractivity contribution in [1.29, 1.82) is 0 Å². The Bertz CT molecular complexity index is 1090. The highest BCUT2D eigenvalue weighted by Crippen LogP contribution is 2.26. The number of aryl methyl sites for hydroxylation is 1. The predicted octanol–water partition coefficient (Wildman–Crippen LogP) is 4.79. The number of benzene rings is 2. The molecule has 0 saturated heterocycles. The van der Waals surface area contributed by atoms with E-state index >= 15 is 0 Å². The number of aromatic nitrogens is 1. The Morgan fingerprint density at radius 3 is 2.66 bits per heavy atom. The van der Waals surface area contributed by atoms with Gasteiger partial charge < -0.3 is 14.8 Å². The van der Waals surface area contributed by atoms with Crippen LogP contribution in [0, 0.1) is 6.92 Å². The molecule has 1 aromatic heterocycles. The monoisotopic (exact) mass is 432 g/mol. The molecule has 3 rings (SSSR count). The molecule has 0 fully saturated rings. The lowest BCUT2D eigenvalue weighted by Gasteiger charge is -2.14. The van der Waals surface area contributed by atoms with E-state index in [1.165, 1.54) is 13.2 Å². The van der Waals surface area contributed by atoms with Gasteiger partial charge >= 0.3 is 5.97 Å². The van der Waals surface area contributed by atoms with E-state index in [9.17, 15) is 9.59 Å². The molecule has 6 nitrogen and oxygen atoms in total. The highest BCUT2D eigenvalue weighted by atomic mass is 35.5. The molecule has 8 heteroatoms. The molecule has 0 bridgehead atoms. The Kier molecular flexibility index (Phi) is 6.69. The van der Waals surface area contributed by atoms with Crippen molar-refractivity contribution in [3.8, 4) is 0 Å². The van der Waals surface area contributed by atoms with Gasteiger partial charge in [0, 0.05) is 17.5 Å². The van der Waals surface area contributed by atoms with Gasteiger partial charge in [-0.25, -0.2) is 9.78 Å². The van der Waals surface area contributed by atoms with E-state index < -0.39 is 18.5 Å². The van der Waals surface area contributed by atoms with E-state index in [1.807, 2.05) is 31.2 Å². The van der Waals surface area contributed by atoms with Crippen LogP contribution in [-0.2, 0) is 20.9 Å². The number of pyridine rings is 1. The average molecular weight is 433 g/mol.